The number of para-hydroxylation sites is 1. The van der Waals surface area contributed by atoms with Crippen LogP contribution in [-0.4, -0.2) is 32.4 Å². The molecule has 3 aromatic carbocycles. The first-order valence-electron chi connectivity index (χ1n) is 12.2. The van der Waals surface area contributed by atoms with Crippen molar-refractivity contribution in [2.75, 3.05) is 5.73 Å². The Labute approximate surface area is 242 Å². The van der Waals surface area contributed by atoms with Gasteiger partial charge in [0, 0.05) is 5.38 Å². The number of rotatable bonds is 9. The molecule has 0 aliphatic heterocycles. The molecule has 2 heterocycles. The van der Waals surface area contributed by atoms with E-state index in [2.05, 4.69) is 15.1 Å². The summed E-state index contributed by atoms with van der Waals surface area (Å²) in [7, 11) is 0. The van der Waals surface area contributed by atoms with E-state index in [1.54, 1.807) is 5.38 Å². The largest absolute Gasteiger partial charge is 0.450 e. The second-order valence-corrected chi connectivity index (χ2v) is 12.2. The molecule has 0 saturated heterocycles. The van der Waals surface area contributed by atoms with Gasteiger partial charge in [-0.25, -0.2) is 14.8 Å². The highest BCUT2D eigenvalue weighted by molar-refractivity contribution is 8.16. The number of nitrogens with zero attached hydrogens (tertiary/aromatic N) is 3. The van der Waals surface area contributed by atoms with E-state index in [1.807, 2.05) is 84.9 Å². The number of hydrogen-bond acceptors (Lipinski definition) is 11. The third-order valence-electron chi connectivity index (χ3n) is 5.70. The Hall–Kier alpha value is -4.06. The number of carbonyl (C=O) groups excluding carboxylic acids is 2. The molecule has 5 aromatic rings. The summed E-state index contributed by atoms with van der Waals surface area (Å²) in [6.45, 7) is 3.06. The monoisotopic (exact) mass is 588 g/mol. The van der Waals surface area contributed by atoms with Gasteiger partial charge in [0.25, 0.3) is 0 Å². The Kier molecular flexibility index (Phi) is 8.24. The second kappa shape index (κ2) is 12.0. The second-order valence-electron chi connectivity index (χ2n) is 9.06. The molecule has 0 spiro atoms. The Morgan fingerprint density at radius 3 is 2.15 bits per heavy atom. The van der Waals surface area contributed by atoms with Crippen LogP contribution in [-0.2, 0) is 19.2 Å². The predicted molar refractivity (Wildman–Crippen MR) is 160 cm³/mol. The molecule has 2 aromatic heterocycles. The summed E-state index contributed by atoms with van der Waals surface area (Å²) in [5.74, 6) is -0.655. The van der Waals surface area contributed by atoms with Crippen LogP contribution in [0.3, 0.4) is 0 Å². The number of anilines is 1. The summed E-state index contributed by atoms with van der Waals surface area (Å²) in [5.41, 5.74) is 6.87. The van der Waals surface area contributed by atoms with E-state index >= 15 is 0 Å². The molecule has 40 heavy (non-hydrogen) atoms. The number of oxime groups is 1. The van der Waals surface area contributed by atoms with Gasteiger partial charge < -0.3 is 15.3 Å². The average Bonchev–Trinajstić information content (AvgIpc) is 3.58. The van der Waals surface area contributed by atoms with Crippen LogP contribution in [0.2, 0.25) is 0 Å². The first-order chi connectivity index (χ1) is 19.3. The number of hydrogen-bond donors (Lipinski definition) is 1. The molecule has 5 rings (SSSR count). The zero-order valence-electron chi connectivity index (χ0n) is 21.5. The van der Waals surface area contributed by atoms with Crippen LogP contribution in [0.4, 0.5) is 5.13 Å². The summed E-state index contributed by atoms with van der Waals surface area (Å²) in [6, 6.07) is 26.5. The number of thioether (sulfide) groups is 1. The molecule has 0 atom stereocenters. The SMILES string of the molecule is CC(C)(ON=C(C(=O)Sc1nc2ccccc2s1)c1csc(N)n1)C(=O)OC(c1ccccc1)c1ccccc1. The number of esters is 1. The van der Waals surface area contributed by atoms with Gasteiger partial charge in [-0.2, -0.15) is 0 Å². The van der Waals surface area contributed by atoms with Gasteiger partial charge in [0.1, 0.15) is 5.69 Å². The lowest BCUT2D eigenvalue weighted by molar-refractivity contribution is -0.172. The summed E-state index contributed by atoms with van der Waals surface area (Å²) in [4.78, 5) is 41.2. The number of carbonyl (C=O) groups is 2. The van der Waals surface area contributed by atoms with Crippen LogP contribution < -0.4 is 5.73 Å². The lowest BCUT2D eigenvalue weighted by atomic mass is 10.0. The highest BCUT2D eigenvalue weighted by Gasteiger charge is 2.36. The first kappa shape index (κ1) is 27.5. The smallest absolute Gasteiger partial charge is 0.353 e. The van der Waals surface area contributed by atoms with Crippen LogP contribution in [0.1, 0.15) is 36.8 Å². The van der Waals surface area contributed by atoms with Gasteiger partial charge in [-0.15, -0.1) is 22.7 Å². The maximum Gasteiger partial charge on any atom is 0.353 e. The molecule has 202 valence electrons. The van der Waals surface area contributed by atoms with Crippen LogP contribution in [0.5, 0.6) is 0 Å². The first-order valence-corrected chi connectivity index (χ1v) is 14.7. The average molecular weight is 589 g/mol. The van der Waals surface area contributed by atoms with Crippen molar-refractivity contribution in [1.29, 1.82) is 0 Å². The van der Waals surface area contributed by atoms with E-state index in [-0.39, 0.29) is 16.5 Å². The maximum absolute atomic E-state index is 13.4. The van der Waals surface area contributed by atoms with Crippen molar-refractivity contribution >= 4 is 66.6 Å². The van der Waals surface area contributed by atoms with Crippen molar-refractivity contribution in [3.63, 3.8) is 0 Å². The van der Waals surface area contributed by atoms with Crippen molar-refractivity contribution in [3.8, 4) is 0 Å². The molecule has 11 heteroatoms. The van der Waals surface area contributed by atoms with Crippen molar-refractivity contribution in [3.05, 3.63) is 107 Å². The van der Waals surface area contributed by atoms with Gasteiger partial charge >= 0.3 is 5.97 Å². The Morgan fingerprint density at radius 2 is 1.55 bits per heavy atom. The highest BCUT2D eigenvalue weighted by Crippen LogP contribution is 2.32. The van der Waals surface area contributed by atoms with E-state index < -0.39 is 22.8 Å². The van der Waals surface area contributed by atoms with Crippen LogP contribution in [0.25, 0.3) is 10.2 Å². The lowest BCUT2D eigenvalue weighted by Gasteiger charge is -2.25. The maximum atomic E-state index is 13.4. The molecule has 8 nitrogen and oxygen atoms in total. The minimum Gasteiger partial charge on any atom is -0.450 e. The third kappa shape index (κ3) is 6.39. The molecular weight excluding hydrogens is 565 g/mol. The topological polar surface area (TPSA) is 117 Å². The zero-order valence-corrected chi connectivity index (χ0v) is 24.0. The number of benzene rings is 3. The standard InChI is InChI=1S/C29H24N4O4S3/c1-29(2,26(35)36-24(18-11-5-3-6-12-18)19-13-7-4-8-14-19)37-33-23(21-17-38-27(30)31-21)25(34)40-28-32-20-15-9-10-16-22(20)39-28/h3-17,24H,1-2H3,(H2,30,31). The van der Waals surface area contributed by atoms with Gasteiger partial charge in [-0.05, 0) is 48.9 Å². The quantitative estimate of drug-likeness (QED) is 0.0899. The minimum absolute atomic E-state index is 0.0826. The number of aromatic nitrogens is 2. The zero-order chi connectivity index (χ0) is 28.1. The van der Waals surface area contributed by atoms with Gasteiger partial charge in [0.2, 0.25) is 10.7 Å². The highest BCUT2D eigenvalue weighted by atomic mass is 32.2. The van der Waals surface area contributed by atoms with Gasteiger partial charge in [0.15, 0.2) is 21.3 Å². The summed E-state index contributed by atoms with van der Waals surface area (Å²) in [6.07, 6.45) is -0.657. The number of nitrogen functional groups attached to an aromatic ring is 1. The molecule has 0 radical (unpaired) electrons. The fourth-order valence-corrected chi connectivity index (χ4v) is 6.09. The molecule has 0 amide bonds. The molecule has 0 aliphatic rings. The summed E-state index contributed by atoms with van der Waals surface area (Å²) >= 11 is 3.47. The lowest BCUT2D eigenvalue weighted by Crippen LogP contribution is -2.37. The Balaban J connectivity index is 1.38. The van der Waals surface area contributed by atoms with Crippen molar-refractivity contribution in [2.24, 2.45) is 5.16 Å². The minimum atomic E-state index is -1.53. The fourth-order valence-electron chi connectivity index (χ4n) is 3.64. The Morgan fingerprint density at radius 1 is 0.925 bits per heavy atom. The predicted octanol–water partition coefficient (Wildman–Crippen LogP) is 6.49. The molecule has 2 N–H and O–H groups in total. The van der Waals surface area contributed by atoms with Crippen LogP contribution in [0.15, 0.2) is 99.8 Å². The van der Waals surface area contributed by atoms with Crippen LogP contribution >= 0.6 is 34.4 Å². The van der Waals surface area contributed by atoms with Gasteiger partial charge in [-0.3, -0.25) is 4.79 Å². The Bertz CT molecular complexity index is 1590. The molecular formula is C29H24N4O4S3. The number of ether oxygens (including phenoxy) is 1. The normalized spacial score (nSPS) is 12.0. The van der Waals surface area contributed by atoms with E-state index in [0.29, 0.717) is 4.34 Å². The van der Waals surface area contributed by atoms with E-state index in [0.717, 1.165) is 33.1 Å². The molecule has 0 bridgehead atoms. The van der Waals surface area contributed by atoms with Gasteiger partial charge in [-0.1, -0.05) is 78.0 Å². The summed E-state index contributed by atoms with van der Waals surface area (Å²) < 4.78 is 7.46. The number of fused-ring (bicyclic) bond motifs is 1. The van der Waals surface area contributed by atoms with Crippen LogP contribution in [0, 0.1) is 0 Å². The molecule has 0 aliphatic carbocycles. The summed E-state index contributed by atoms with van der Waals surface area (Å²) in [5, 5.41) is 5.55. The molecule has 0 saturated carbocycles. The molecule has 0 fully saturated rings. The van der Waals surface area contributed by atoms with E-state index in [1.165, 1.54) is 36.5 Å². The number of nitrogens with two attached hydrogens (primary N) is 1. The van der Waals surface area contributed by atoms with Gasteiger partial charge in [0.05, 0.1) is 10.2 Å². The van der Waals surface area contributed by atoms with E-state index in [9.17, 15) is 9.59 Å². The van der Waals surface area contributed by atoms with Crippen molar-refractivity contribution in [1.82, 2.24) is 9.97 Å². The fraction of sp³-hybridized carbons (Fsp3) is 0.138. The van der Waals surface area contributed by atoms with Crippen molar-refractivity contribution in [2.45, 2.75) is 29.9 Å². The molecule has 0 unspecified atom stereocenters. The number of thiazole rings is 2. The van der Waals surface area contributed by atoms with Crippen molar-refractivity contribution < 1.29 is 19.2 Å². The van der Waals surface area contributed by atoms with E-state index in [4.69, 9.17) is 15.3 Å². The third-order valence-corrected chi connectivity index (χ3v) is 8.35.